The zero-order chi connectivity index (χ0) is 33.3. The minimum absolute atomic E-state index is 0.0168. The predicted molar refractivity (Wildman–Crippen MR) is 183 cm³/mol. The lowest BCUT2D eigenvalue weighted by molar-refractivity contribution is -0.140. The molecule has 0 saturated carbocycles. The van der Waals surface area contributed by atoms with Crippen LogP contribution in [0, 0.1) is 6.92 Å². The van der Waals surface area contributed by atoms with Gasteiger partial charge < -0.3 is 15.0 Å². The van der Waals surface area contributed by atoms with Crippen molar-refractivity contribution in [3.05, 3.63) is 125 Å². The van der Waals surface area contributed by atoms with Gasteiger partial charge in [-0.3, -0.25) is 13.9 Å². The SMILES string of the molecule is CC[C@@H](C)NC(=O)[C@H](Cc1ccccc1)N(Cc1ccccc1C)C(=O)CN(c1ccc(Cl)cc1)S(=O)(=O)c1ccc(OC)cc1. The third-order valence-corrected chi connectivity index (χ3v) is 9.96. The summed E-state index contributed by atoms with van der Waals surface area (Å²) < 4.78 is 34.6. The smallest absolute Gasteiger partial charge is 0.264 e. The molecule has 0 radical (unpaired) electrons. The molecule has 10 heteroatoms. The molecule has 46 heavy (non-hydrogen) atoms. The minimum atomic E-state index is -4.24. The summed E-state index contributed by atoms with van der Waals surface area (Å²) in [5.74, 6) is -0.347. The average Bonchev–Trinajstić information content (AvgIpc) is 3.06. The number of sulfonamides is 1. The van der Waals surface area contributed by atoms with Crippen molar-refractivity contribution in [3.8, 4) is 5.75 Å². The van der Waals surface area contributed by atoms with Crippen LogP contribution in [0.25, 0.3) is 0 Å². The fraction of sp³-hybridized carbons (Fsp3) is 0.278. The number of nitrogens with zero attached hydrogens (tertiary/aromatic N) is 2. The Hall–Kier alpha value is -4.34. The molecule has 2 amide bonds. The second kappa shape index (κ2) is 15.8. The van der Waals surface area contributed by atoms with Gasteiger partial charge in [-0.1, -0.05) is 73.1 Å². The van der Waals surface area contributed by atoms with Gasteiger partial charge in [-0.2, -0.15) is 0 Å². The summed E-state index contributed by atoms with van der Waals surface area (Å²) in [5.41, 5.74) is 2.92. The van der Waals surface area contributed by atoms with Gasteiger partial charge in [0.05, 0.1) is 17.7 Å². The molecule has 8 nitrogen and oxygen atoms in total. The van der Waals surface area contributed by atoms with E-state index < -0.39 is 28.5 Å². The van der Waals surface area contributed by atoms with Gasteiger partial charge >= 0.3 is 0 Å². The van der Waals surface area contributed by atoms with Crippen molar-refractivity contribution in [2.24, 2.45) is 0 Å². The van der Waals surface area contributed by atoms with Crippen molar-refractivity contribution in [3.63, 3.8) is 0 Å². The summed E-state index contributed by atoms with van der Waals surface area (Å²) >= 11 is 6.15. The highest BCUT2D eigenvalue weighted by molar-refractivity contribution is 7.92. The fourth-order valence-electron chi connectivity index (χ4n) is 4.98. The monoisotopic (exact) mass is 661 g/mol. The highest BCUT2D eigenvalue weighted by atomic mass is 35.5. The molecule has 4 aromatic rings. The van der Waals surface area contributed by atoms with Gasteiger partial charge in [0.2, 0.25) is 11.8 Å². The van der Waals surface area contributed by atoms with Crippen molar-refractivity contribution in [2.45, 2.75) is 57.1 Å². The zero-order valence-electron chi connectivity index (χ0n) is 26.5. The molecule has 0 spiro atoms. The third kappa shape index (κ3) is 8.68. The number of anilines is 1. The second-order valence-electron chi connectivity index (χ2n) is 11.1. The summed E-state index contributed by atoms with van der Waals surface area (Å²) in [6.07, 6.45) is 0.951. The van der Waals surface area contributed by atoms with Gasteiger partial charge in [0, 0.05) is 24.0 Å². The van der Waals surface area contributed by atoms with Crippen LogP contribution < -0.4 is 14.4 Å². The van der Waals surface area contributed by atoms with Crippen LogP contribution in [-0.2, 0) is 32.6 Å². The fourth-order valence-corrected chi connectivity index (χ4v) is 6.52. The number of carbonyl (C=O) groups excluding carboxylic acids is 2. The van der Waals surface area contributed by atoms with Crippen LogP contribution in [0.3, 0.4) is 0 Å². The van der Waals surface area contributed by atoms with E-state index in [0.29, 0.717) is 17.2 Å². The Morgan fingerprint density at radius 3 is 2.13 bits per heavy atom. The molecule has 0 aliphatic rings. The van der Waals surface area contributed by atoms with Crippen molar-refractivity contribution >= 4 is 39.1 Å². The van der Waals surface area contributed by atoms with Gasteiger partial charge in [-0.25, -0.2) is 8.42 Å². The second-order valence-corrected chi connectivity index (χ2v) is 13.4. The number of halogens is 1. The number of carbonyl (C=O) groups is 2. The van der Waals surface area contributed by atoms with E-state index in [4.69, 9.17) is 16.3 Å². The number of nitrogens with one attached hydrogen (secondary N) is 1. The maximum atomic E-state index is 14.6. The zero-order valence-corrected chi connectivity index (χ0v) is 28.1. The first-order chi connectivity index (χ1) is 22.0. The maximum Gasteiger partial charge on any atom is 0.264 e. The number of rotatable bonds is 14. The summed E-state index contributed by atoms with van der Waals surface area (Å²) in [7, 11) is -2.75. The van der Waals surface area contributed by atoms with Crippen molar-refractivity contribution in [2.75, 3.05) is 18.0 Å². The van der Waals surface area contributed by atoms with Crippen LogP contribution >= 0.6 is 11.6 Å². The normalized spacial score (nSPS) is 12.5. The Balaban J connectivity index is 1.81. The maximum absolute atomic E-state index is 14.6. The number of amides is 2. The molecule has 0 heterocycles. The van der Waals surface area contributed by atoms with E-state index in [-0.39, 0.29) is 35.5 Å². The Kier molecular flexibility index (Phi) is 11.8. The summed E-state index contributed by atoms with van der Waals surface area (Å²) in [5, 5.41) is 3.47. The molecular formula is C36H40ClN3O5S. The number of benzene rings is 4. The molecule has 0 aliphatic carbocycles. The Bertz CT molecular complexity index is 1720. The molecular weight excluding hydrogens is 622 g/mol. The number of hydrogen-bond donors (Lipinski definition) is 1. The molecule has 2 atom stereocenters. The minimum Gasteiger partial charge on any atom is -0.497 e. The lowest BCUT2D eigenvalue weighted by atomic mass is 10.0. The number of ether oxygens (including phenoxy) is 1. The van der Waals surface area contributed by atoms with Gasteiger partial charge in [0.15, 0.2) is 0 Å². The Morgan fingerprint density at radius 1 is 0.891 bits per heavy atom. The third-order valence-electron chi connectivity index (χ3n) is 7.91. The highest BCUT2D eigenvalue weighted by Gasteiger charge is 2.35. The molecule has 0 bridgehead atoms. The van der Waals surface area contributed by atoms with Crippen LogP contribution in [0.15, 0.2) is 108 Å². The quantitative estimate of drug-likeness (QED) is 0.169. The summed E-state index contributed by atoms with van der Waals surface area (Å²) in [4.78, 5) is 30.0. The van der Waals surface area contributed by atoms with Gasteiger partial charge in [0.25, 0.3) is 10.0 Å². The standard InChI is InChI=1S/C36H40ClN3O5S/c1-5-27(3)38-36(42)34(23-28-12-7-6-8-13-28)39(24-29-14-10-9-11-26(29)2)35(41)25-40(31-17-15-30(37)16-18-31)46(43,44)33-21-19-32(45-4)20-22-33/h6-22,27,34H,5,23-25H2,1-4H3,(H,38,42)/t27-,34+/m1/s1. The predicted octanol–water partition coefficient (Wildman–Crippen LogP) is 6.41. The molecule has 0 saturated heterocycles. The van der Waals surface area contributed by atoms with Crippen molar-refractivity contribution in [1.82, 2.24) is 10.2 Å². The molecule has 0 aliphatic heterocycles. The van der Waals surface area contributed by atoms with E-state index in [9.17, 15) is 18.0 Å². The topological polar surface area (TPSA) is 96.0 Å². The first-order valence-electron chi connectivity index (χ1n) is 15.1. The summed E-state index contributed by atoms with van der Waals surface area (Å²) in [6.45, 7) is 5.38. The van der Waals surface area contributed by atoms with Crippen molar-refractivity contribution < 1.29 is 22.7 Å². The van der Waals surface area contributed by atoms with E-state index >= 15 is 0 Å². The van der Waals surface area contributed by atoms with E-state index in [1.54, 1.807) is 36.4 Å². The molecule has 0 aromatic heterocycles. The van der Waals surface area contributed by atoms with E-state index in [2.05, 4.69) is 5.32 Å². The van der Waals surface area contributed by atoms with Gasteiger partial charge in [-0.15, -0.1) is 0 Å². The largest absolute Gasteiger partial charge is 0.497 e. The van der Waals surface area contributed by atoms with Crippen molar-refractivity contribution in [1.29, 1.82) is 0 Å². The van der Waals surface area contributed by atoms with Crippen LogP contribution in [0.4, 0.5) is 5.69 Å². The molecule has 4 aromatic carbocycles. The molecule has 1 N–H and O–H groups in total. The van der Waals surface area contributed by atoms with Gasteiger partial charge in [-0.05, 0) is 85.5 Å². The highest BCUT2D eigenvalue weighted by Crippen LogP contribution is 2.27. The van der Waals surface area contributed by atoms with Crippen LogP contribution in [0.5, 0.6) is 5.75 Å². The lowest BCUT2D eigenvalue weighted by Crippen LogP contribution is -2.54. The number of hydrogen-bond acceptors (Lipinski definition) is 5. The molecule has 0 fully saturated rings. The first-order valence-corrected chi connectivity index (χ1v) is 17.0. The van der Waals surface area contributed by atoms with E-state index in [1.165, 1.54) is 24.1 Å². The van der Waals surface area contributed by atoms with E-state index in [1.807, 2.05) is 75.4 Å². The van der Waals surface area contributed by atoms with Crippen LogP contribution in [-0.4, -0.2) is 50.9 Å². The lowest BCUT2D eigenvalue weighted by Gasteiger charge is -2.34. The van der Waals surface area contributed by atoms with Crippen LogP contribution in [0.1, 0.15) is 37.0 Å². The number of aryl methyl sites for hydroxylation is 1. The molecule has 4 rings (SSSR count). The van der Waals surface area contributed by atoms with E-state index in [0.717, 1.165) is 21.0 Å². The molecule has 242 valence electrons. The Morgan fingerprint density at radius 2 is 1.52 bits per heavy atom. The van der Waals surface area contributed by atoms with Gasteiger partial charge in [0.1, 0.15) is 18.3 Å². The average molecular weight is 662 g/mol. The summed E-state index contributed by atoms with van der Waals surface area (Å²) in [6, 6.07) is 28.3. The van der Waals surface area contributed by atoms with Crippen LogP contribution in [0.2, 0.25) is 5.02 Å². The Labute approximate surface area is 277 Å². The number of methoxy groups -OCH3 is 1. The first kappa shape index (κ1) is 34.5. The molecule has 0 unspecified atom stereocenters.